The van der Waals surface area contributed by atoms with Crippen LogP contribution >= 0.6 is 0 Å². The number of hydrogen-bond donors (Lipinski definition) is 0. The van der Waals surface area contributed by atoms with Crippen LogP contribution in [0.15, 0.2) is 4.52 Å². The molecule has 1 heterocycles. The Hall–Kier alpha value is -1.76. The van der Waals surface area contributed by atoms with Crippen molar-refractivity contribution in [1.29, 1.82) is 0 Å². The number of esters is 1. The van der Waals surface area contributed by atoms with Crippen LogP contribution in [-0.4, -0.2) is 17.7 Å². The van der Waals surface area contributed by atoms with E-state index < -0.39 is 0 Å². The molecule has 1 fully saturated rings. The molecule has 0 bridgehead atoms. The molecule has 0 amide bonds. The Labute approximate surface area is 125 Å². The third-order valence-electron chi connectivity index (χ3n) is 5.32. The summed E-state index contributed by atoms with van der Waals surface area (Å²) in [5.74, 6) is 7.48. The molecule has 3 atom stereocenters. The Kier molecular flexibility index (Phi) is 2.95. The predicted molar refractivity (Wildman–Crippen MR) is 77.5 cm³/mol. The van der Waals surface area contributed by atoms with Gasteiger partial charge in [0.1, 0.15) is 11.3 Å². The van der Waals surface area contributed by atoms with Crippen molar-refractivity contribution < 1.29 is 14.1 Å². The standard InChI is InChI=1S/C17H21NO3/c1-10-6-7-13-16(4,5)17(13,8-10)9-20-15(19)14-11(2)18-21-12(14)3/h10,13H,8-9H2,1-5H3. The number of carbonyl (C=O) groups is 1. The zero-order valence-electron chi connectivity index (χ0n) is 13.2. The number of carbonyl (C=O) groups excluding carboxylic acids is 1. The third kappa shape index (κ3) is 1.91. The van der Waals surface area contributed by atoms with Crippen molar-refractivity contribution in [3.63, 3.8) is 0 Å². The van der Waals surface area contributed by atoms with Crippen LogP contribution in [0.25, 0.3) is 0 Å². The Morgan fingerprint density at radius 1 is 1.43 bits per heavy atom. The van der Waals surface area contributed by atoms with Gasteiger partial charge in [-0.3, -0.25) is 0 Å². The monoisotopic (exact) mass is 287 g/mol. The SMILES string of the molecule is Cc1noc(C)c1C(=O)OCC12CC(C)C#CC1C2(C)C. The zero-order chi connectivity index (χ0) is 15.4. The smallest absolute Gasteiger partial charge is 0.343 e. The highest BCUT2D eigenvalue weighted by Crippen LogP contribution is 2.72. The van der Waals surface area contributed by atoms with Gasteiger partial charge in [-0.25, -0.2) is 4.79 Å². The Morgan fingerprint density at radius 2 is 2.14 bits per heavy atom. The molecular formula is C17H21NO3. The van der Waals surface area contributed by atoms with E-state index in [-0.39, 0.29) is 16.8 Å². The minimum absolute atomic E-state index is 0.00625. The zero-order valence-corrected chi connectivity index (χ0v) is 13.2. The van der Waals surface area contributed by atoms with E-state index in [1.165, 1.54) is 0 Å². The van der Waals surface area contributed by atoms with Gasteiger partial charge in [0.2, 0.25) is 0 Å². The number of ether oxygens (including phenoxy) is 1. The fraction of sp³-hybridized carbons (Fsp3) is 0.647. The van der Waals surface area contributed by atoms with Crippen molar-refractivity contribution in [1.82, 2.24) is 5.16 Å². The Morgan fingerprint density at radius 3 is 2.76 bits per heavy atom. The van der Waals surface area contributed by atoms with Gasteiger partial charge in [0.15, 0.2) is 0 Å². The first kappa shape index (κ1) is 14.2. The van der Waals surface area contributed by atoms with Crippen LogP contribution < -0.4 is 0 Å². The molecule has 0 aromatic carbocycles. The number of nitrogens with zero attached hydrogens (tertiary/aromatic N) is 1. The Balaban J connectivity index is 1.74. The van der Waals surface area contributed by atoms with E-state index in [0.29, 0.717) is 35.5 Å². The summed E-state index contributed by atoms with van der Waals surface area (Å²) < 4.78 is 10.6. The number of aryl methyl sites for hydroxylation is 2. The number of aromatic nitrogens is 1. The second kappa shape index (κ2) is 4.37. The number of rotatable bonds is 3. The normalized spacial score (nSPS) is 31.9. The van der Waals surface area contributed by atoms with Gasteiger partial charge in [0, 0.05) is 17.3 Å². The minimum atomic E-state index is -0.340. The second-order valence-electron chi connectivity index (χ2n) is 6.98. The van der Waals surface area contributed by atoms with Crippen molar-refractivity contribution >= 4 is 5.97 Å². The molecule has 0 spiro atoms. The van der Waals surface area contributed by atoms with E-state index in [2.05, 4.69) is 37.8 Å². The van der Waals surface area contributed by atoms with Crippen molar-refractivity contribution in [3.8, 4) is 11.8 Å². The van der Waals surface area contributed by atoms with E-state index in [1.807, 2.05) is 0 Å². The number of fused-ring (bicyclic) bond motifs is 1. The lowest BCUT2D eigenvalue weighted by Crippen LogP contribution is -2.24. The molecule has 2 aliphatic carbocycles. The summed E-state index contributed by atoms with van der Waals surface area (Å²) in [5.41, 5.74) is 1.16. The van der Waals surface area contributed by atoms with E-state index in [4.69, 9.17) is 9.26 Å². The van der Waals surface area contributed by atoms with E-state index >= 15 is 0 Å². The summed E-state index contributed by atoms with van der Waals surface area (Å²) in [5, 5.41) is 3.80. The van der Waals surface area contributed by atoms with Gasteiger partial charge in [-0.05, 0) is 25.7 Å². The summed E-state index contributed by atoms with van der Waals surface area (Å²) in [6.45, 7) is 10.5. The largest absolute Gasteiger partial charge is 0.461 e. The van der Waals surface area contributed by atoms with Crippen LogP contribution in [-0.2, 0) is 4.74 Å². The molecule has 3 rings (SSSR count). The van der Waals surface area contributed by atoms with Crippen LogP contribution in [0.3, 0.4) is 0 Å². The van der Waals surface area contributed by atoms with Crippen LogP contribution in [0.5, 0.6) is 0 Å². The third-order valence-corrected chi connectivity index (χ3v) is 5.32. The number of hydrogen-bond acceptors (Lipinski definition) is 4. The summed E-state index contributed by atoms with van der Waals surface area (Å²) in [6.07, 6.45) is 0.993. The van der Waals surface area contributed by atoms with Gasteiger partial charge in [0.05, 0.1) is 12.3 Å². The molecule has 0 aliphatic heterocycles. The maximum atomic E-state index is 12.3. The first-order valence-corrected chi connectivity index (χ1v) is 7.40. The first-order chi connectivity index (χ1) is 9.79. The van der Waals surface area contributed by atoms with Gasteiger partial charge >= 0.3 is 5.97 Å². The average Bonchev–Trinajstić information content (AvgIpc) is 2.68. The van der Waals surface area contributed by atoms with Crippen LogP contribution in [0, 0.1) is 48.4 Å². The molecule has 112 valence electrons. The molecule has 1 aromatic rings. The fourth-order valence-corrected chi connectivity index (χ4v) is 3.83. The average molecular weight is 287 g/mol. The van der Waals surface area contributed by atoms with Crippen LogP contribution in [0.2, 0.25) is 0 Å². The maximum absolute atomic E-state index is 12.3. The highest BCUT2D eigenvalue weighted by atomic mass is 16.5. The fourth-order valence-electron chi connectivity index (χ4n) is 3.83. The lowest BCUT2D eigenvalue weighted by molar-refractivity contribution is 0.0350. The molecule has 21 heavy (non-hydrogen) atoms. The van der Waals surface area contributed by atoms with Crippen molar-refractivity contribution in [2.45, 2.75) is 41.0 Å². The summed E-state index contributed by atoms with van der Waals surface area (Å²) in [7, 11) is 0. The van der Waals surface area contributed by atoms with Gasteiger partial charge < -0.3 is 9.26 Å². The quantitative estimate of drug-likeness (QED) is 0.633. The molecule has 2 aliphatic rings. The second-order valence-corrected chi connectivity index (χ2v) is 6.98. The van der Waals surface area contributed by atoms with Crippen molar-refractivity contribution in [3.05, 3.63) is 17.0 Å². The molecule has 0 N–H and O–H groups in total. The predicted octanol–water partition coefficient (Wildman–Crippen LogP) is 3.13. The summed E-state index contributed by atoms with van der Waals surface area (Å²) in [6, 6.07) is 0. The molecule has 0 radical (unpaired) electrons. The van der Waals surface area contributed by atoms with Gasteiger partial charge in [0.25, 0.3) is 0 Å². The van der Waals surface area contributed by atoms with Crippen LogP contribution in [0.4, 0.5) is 0 Å². The van der Waals surface area contributed by atoms with Crippen molar-refractivity contribution in [2.75, 3.05) is 6.61 Å². The molecule has 4 heteroatoms. The van der Waals surface area contributed by atoms with E-state index in [9.17, 15) is 4.79 Å². The molecule has 0 saturated heterocycles. The lowest BCUT2D eigenvalue weighted by Gasteiger charge is -2.23. The Bertz CT molecular complexity index is 642. The highest BCUT2D eigenvalue weighted by Gasteiger charge is 2.71. The molecule has 1 saturated carbocycles. The van der Waals surface area contributed by atoms with E-state index in [1.54, 1.807) is 13.8 Å². The molecule has 4 nitrogen and oxygen atoms in total. The maximum Gasteiger partial charge on any atom is 0.343 e. The molecular weight excluding hydrogens is 266 g/mol. The summed E-state index contributed by atoms with van der Waals surface area (Å²) in [4.78, 5) is 12.3. The van der Waals surface area contributed by atoms with Gasteiger partial charge in [-0.1, -0.05) is 37.8 Å². The molecule has 3 unspecified atom stereocenters. The first-order valence-electron chi connectivity index (χ1n) is 7.40. The van der Waals surface area contributed by atoms with Crippen molar-refractivity contribution in [2.24, 2.45) is 22.7 Å². The van der Waals surface area contributed by atoms with Gasteiger partial charge in [-0.15, -0.1) is 0 Å². The van der Waals surface area contributed by atoms with Gasteiger partial charge in [-0.2, -0.15) is 0 Å². The lowest BCUT2D eigenvalue weighted by atomic mass is 9.85. The topological polar surface area (TPSA) is 52.3 Å². The van der Waals surface area contributed by atoms with E-state index in [0.717, 1.165) is 6.42 Å². The molecule has 1 aromatic heterocycles. The summed E-state index contributed by atoms with van der Waals surface area (Å²) >= 11 is 0. The minimum Gasteiger partial charge on any atom is -0.461 e. The highest BCUT2D eigenvalue weighted by molar-refractivity contribution is 5.91. The van der Waals surface area contributed by atoms with Crippen LogP contribution in [0.1, 0.15) is 49.0 Å².